The van der Waals surface area contributed by atoms with Crippen LogP contribution >= 0.6 is 0 Å². The van der Waals surface area contributed by atoms with Crippen LogP contribution in [0.4, 0.5) is 4.79 Å². The molecule has 2 fully saturated rings. The van der Waals surface area contributed by atoms with Crippen molar-refractivity contribution >= 4 is 22.0 Å². The highest BCUT2D eigenvalue weighted by molar-refractivity contribution is 7.89. The molecule has 0 aliphatic carbocycles. The Morgan fingerprint density at radius 3 is 2.35 bits per heavy atom. The number of ether oxygens (including phenoxy) is 1. The first-order chi connectivity index (χ1) is 14.4. The van der Waals surface area contributed by atoms with Gasteiger partial charge in [-0.1, -0.05) is 30.3 Å². The Labute approximate surface area is 184 Å². The Morgan fingerprint density at radius 2 is 1.81 bits per heavy atom. The molecule has 1 aromatic rings. The minimum Gasteiger partial charge on any atom is -0.444 e. The predicted molar refractivity (Wildman–Crippen MR) is 118 cm³/mol. The third-order valence-corrected chi connectivity index (χ3v) is 6.95. The highest BCUT2D eigenvalue weighted by atomic mass is 32.2. The number of hydrogen-bond donors (Lipinski definition) is 1. The summed E-state index contributed by atoms with van der Waals surface area (Å²) in [6.07, 6.45) is 1.27. The van der Waals surface area contributed by atoms with Gasteiger partial charge in [0.1, 0.15) is 5.60 Å². The minimum absolute atomic E-state index is 0.0430. The van der Waals surface area contributed by atoms with Gasteiger partial charge in [-0.3, -0.25) is 4.79 Å². The molecule has 0 bridgehead atoms. The van der Waals surface area contributed by atoms with E-state index in [0.717, 1.165) is 5.56 Å². The Morgan fingerprint density at radius 1 is 1.19 bits per heavy atom. The van der Waals surface area contributed by atoms with E-state index in [2.05, 4.69) is 12.1 Å². The molecule has 2 saturated heterocycles. The van der Waals surface area contributed by atoms with Gasteiger partial charge in [0, 0.05) is 43.9 Å². The van der Waals surface area contributed by atoms with Gasteiger partial charge in [-0.2, -0.15) is 0 Å². The van der Waals surface area contributed by atoms with E-state index in [1.165, 1.54) is 0 Å². The van der Waals surface area contributed by atoms with E-state index in [4.69, 9.17) is 9.88 Å². The molecule has 1 aromatic carbocycles. The van der Waals surface area contributed by atoms with Crippen LogP contribution < -0.4 is 5.14 Å². The highest BCUT2D eigenvalue weighted by Gasteiger charge is 2.43. The number of sulfonamides is 1. The zero-order valence-electron chi connectivity index (χ0n) is 18.5. The van der Waals surface area contributed by atoms with Gasteiger partial charge in [0.25, 0.3) is 0 Å². The van der Waals surface area contributed by atoms with Crippen molar-refractivity contribution < 1.29 is 22.7 Å². The van der Waals surface area contributed by atoms with Crippen molar-refractivity contribution in [3.05, 3.63) is 35.9 Å². The van der Waals surface area contributed by atoms with E-state index in [1.54, 1.807) is 9.80 Å². The molecular weight excluding hydrogens is 418 g/mol. The van der Waals surface area contributed by atoms with E-state index in [0.29, 0.717) is 39.0 Å². The molecule has 1 atom stereocenters. The van der Waals surface area contributed by atoms with Crippen LogP contribution in [0.15, 0.2) is 30.3 Å². The molecule has 9 heteroatoms. The summed E-state index contributed by atoms with van der Waals surface area (Å²) in [5.41, 5.74) is 0.276. The topological polar surface area (TPSA) is 110 Å². The van der Waals surface area contributed by atoms with Crippen LogP contribution in [0.25, 0.3) is 0 Å². The fraction of sp³-hybridized carbons (Fsp3) is 0.636. The smallest absolute Gasteiger partial charge is 0.410 e. The summed E-state index contributed by atoms with van der Waals surface area (Å²) in [4.78, 5) is 28.7. The maximum Gasteiger partial charge on any atom is 0.410 e. The Bertz CT molecular complexity index is 903. The minimum atomic E-state index is -3.62. The Kier molecular flexibility index (Phi) is 6.67. The van der Waals surface area contributed by atoms with Crippen molar-refractivity contribution in [3.63, 3.8) is 0 Å². The normalized spacial score (nSPS) is 21.9. The molecule has 172 valence electrons. The summed E-state index contributed by atoms with van der Waals surface area (Å²) in [6.45, 7) is 7.50. The van der Waals surface area contributed by atoms with Gasteiger partial charge in [0.15, 0.2) is 0 Å². The van der Waals surface area contributed by atoms with Gasteiger partial charge in [-0.05, 0) is 39.2 Å². The van der Waals surface area contributed by atoms with Crippen molar-refractivity contribution in [2.24, 2.45) is 11.1 Å². The summed E-state index contributed by atoms with van der Waals surface area (Å²) >= 11 is 0. The van der Waals surface area contributed by atoms with E-state index in [1.807, 2.05) is 39.0 Å². The number of carbonyl (C=O) groups is 2. The number of nitrogens with zero attached hydrogens (tertiary/aromatic N) is 2. The molecule has 8 nitrogen and oxygen atoms in total. The predicted octanol–water partition coefficient (Wildman–Crippen LogP) is 2.09. The number of nitrogens with two attached hydrogens (primary N) is 1. The average Bonchev–Trinajstić information content (AvgIpc) is 2.98. The van der Waals surface area contributed by atoms with Gasteiger partial charge in [0.2, 0.25) is 15.9 Å². The number of primary sulfonamides is 1. The van der Waals surface area contributed by atoms with Gasteiger partial charge in [-0.25, -0.2) is 18.4 Å². The molecular formula is C22H33N3O5S. The number of piperidine rings is 1. The second-order valence-electron chi connectivity index (χ2n) is 9.79. The molecule has 0 saturated carbocycles. The maximum atomic E-state index is 12.7. The second-order valence-corrected chi connectivity index (χ2v) is 11.4. The number of likely N-dealkylation sites (tertiary alicyclic amines) is 2. The molecule has 2 amide bonds. The molecule has 0 radical (unpaired) electrons. The average molecular weight is 452 g/mol. The molecule has 1 unspecified atom stereocenters. The van der Waals surface area contributed by atoms with Crippen LogP contribution in [-0.2, 0) is 25.0 Å². The lowest BCUT2D eigenvalue weighted by Crippen LogP contribution is -2.51. The number of rotatable bonds is 5. The fourth-order valence-corrected chi connectivity index (χ4v) is 5.47. The Balaban J connectivity index is 1.75. The summed E-state index contributed by atoms with van der Waals surface area (Å²) in [5, 5.41) is 5.19. The first kappa shape index (κ1) is 23.5. The van der Waals surface area contributed by atoms with E-state index in [9.17, 15) is 18.0 Å². The number of benzene rings is 1. The zero-order chi connectivity index (χ0) is 22.9. The molecule has 2 heterocycles. The lowest BCUT2D eigenvalue weighted by Gasteiger charge is -2.44. The van der Waals surface area contributed by atoms with Crippen LogP contribution in [0, 0.1) is 5.92 Å². The molecule has 3 rings (SSSR count). The zero-order valence-corrected chi connectivity index (χ0v) is 19.4. The van der Waals surface area contributed by atoms with Gasteiger partial charge < -0.3 is 14.5 Å². The van der Waals surface area contributed by atoms with Gasteiger partial charge in [0.05, 0.1) is 5.75 Å². The molecule has 2 N–H and O–H groups in total. The standard InChI is InChI=1S/C22H33N3O5S/c1-21(2,3)30-20(27)24-11-9-22(10-12-24,18-7-5-4-6-8-18)16-25-14-17(13-19(25)26)15-31(23,28)29/h4-8,17H,9-16H2,1-3H3,(H2,23,28,29). The summed E-state index contributed by atoms with van der Waals surface area (Å²) < 4.78 is 28.5. The van der Waals surface area contributed by atoms with Gasteiger partial charge >= 0.3 is 6.09 Å². The monoisotopic (exact) mass is 451 g/mol. The van der Waals surface area contributed by atoms with Crippen LogP contribution in [-0.4, -0.2) is 67.8 Å². The summed E-state index contributed by atoms with van der Waals surface area (Å²) in [6, 6.07) is 10.0. The van der Waals surface area contributed by atoms with Crippen molar-refractivity contribution in [1.29, 1.82) is 0 Å². The molecule has 31 heavy (non-hydrogen) atoms. The third kappa shape index (κ3) is 6.20. The maximum absolute atomic E-state index is 12.7. The largest absolute Gasteiger partial charge is 0.444 e. The number of hydrogen-bond acceptors (Lipinski definition) is 5. The summed E-state index contributed by atoms with van der Waals surface area (Å²) in [7, 11) is -3.62. The van der Waals surface area contributed by atoms with Crippen LogP contribution in [0.3, 0.4) is 0 Å². The van der Waals surface area contributed by atoms with Crippen LogP contribution in [0.1, 0.15) is 45.6 Å². The lowest BCUT2D eigenvalue weighted by atomic mass is 9.72. The molecule has 0 aromatic heterocycles. The van der Waals surface area contributed by atoms with Crippen LogP contribution in [0.5, 0.6) is 0 Å². The first-order valence-corrected chi connectivity index (χ1v) is 12.4. The first-order valence-electron chi connectivity index (χ1n) is 10.7. The van der Waals surface area contributed by atoms with E-state index >= 15 is 0 Å². The second kappa shape index (κ2) is 8.78. The molecule has 2 aliphatic heterocycles. The van der Waals surface area contributed by atoms with Gasteiger partial charge in [-0.15, -0.1) is 0 Å². The fourth-order valence-electron chi connectivity index (χ4n) is 4.59. The quantitative estimate of drug-likeness (QED) is 0.737. The summed E-state index contributed by atoms with van der Waals surface area (Å²) in [5.74, 6) is -0.504. The molecule has 2 aliphatic rings. The van der Waals surface area contributed by atoms with Crippen molar-refractivity contribution in [1.82, 2.24) is 9.80 Å². The van der Waals surface area contributed by atoms with E-state index in [-0.39, 0.29) is 35.5 Å². The third-order valence-electron chi connectivity index (χ3n) is 6.01. The van der Waals surface area contributed by atoms with E-state index < -0.39 is 15.6 Å². The Hall–Kier alpha value is -2.13. The molecule has 0 spiro atoms. The van der Waals surface area contributed by atoms with Crippen molar-refractivity contribution in [2.45, 2.75) is 51.0 Å². The highest BCUT2D eigenvalue weighted by Crippen LogP contribution is 2.38. The lowest BCUT2D eigenvalue weighted by molar-refractivity contribution is -0.128. The van der Waals surface area contributed by atoms with Crippen molar-refractivity contribution in [3.8, 4) is 0 Å². The van der Waals surface area contributed by atoms with Crippen molar-refractivity contribution in [2.75, 3.05) is 31.9 Å². The SMILES string of the molecule is CC(C)(C)OC(=O)N1CCC(CN2CC(CS(N)(=O)=O)CC2=O)(c2ccccc2)CC1. The number of amides is 2. The number of carbonyl (C=O) groups excluding carboxylic acids is 2. The van der Waals surface area contributed by atoms with Crippen LogP contribution in [0.2, 0.25) is 0 Å².